The maximum Gasteiger partial charge on any atom is 0.267 e. The summed E-state index contributed by atoms with van der Waals surface area (Å²) < 4.78 is 28.5. The Balaban J connectivity index is 1.35. The van der Waals surface area contributed by atoms with Crippen LogP contribution in [0, 0.1) is 0 Å². The third-order valence-electron chi connectivity index (χ3n) is 4.74. The quantitative estimate of drug-likeness (QED) is 0.330. The summed E-state index contributed by atoms with van der Waals surface area (Å²) in [7, 11) is -3.85. The summed E-state index contributed by atoms with van der Waals surface area (Å²) in [5, 5.41) is 10.6. The number of carbonyl (C=O) groups is 2. The average Bonchev–Trinajstić information content (AvgIpc) is 3.32. The second kappa shape index (κ2) is 10.5. The lowest BCUT2D eigenvalue weighted by atomic mass is 10.2. The van der Waals surface area contributed by atoms with E-state index in [2.05, 4.69) is 15.6 Å². The van der Waals surface area contributed by atoms with Crippen molar-refractivity contribution in [2.75, 3.05) is 10.6 Å². The molecule has 0 aliphatic rings. The highest BCUT2D eigenvalue weighted by Crippen LogP contribution is 2.23. The third kappa shape index (κ3) is 6.51. The number of amides is 2. The summed E-state index contributed by atoms with van der Waals surface area (Å²) in [6.45, 7) is 0.404. The fourth-order valence-electron chi connectivity index (χ4n) is 3.00. The number of nitrogens with one attached hydrogen (secondary N) is 2. The Morgan fingerprint density at radius 3 is 2.37 bits per heavy atom. The number of primary sulfonamides is 1. The number of aromatic nitrogens is 1. The lowest BCUT2D eigenvalue weighted by Crippen LogP contribution is -2.14. The van der Waals surface area contributed by atoms with Crippen LogP contribution in [0.2, 0.25) is 0 Å². The molecule has 2 amide bonds. The van der Waals surface area contributed by atoms with Crippen molar-refractivity contribution in [3.8, 4) is 5.75 Å². The standard InChI is InChI=1S/C24H20N4O5S2/c25-35(31,32)20-11-9-17(10-12-20)22(29)28-24-26-14-21(34-24)23(30)27-18-7-4-8-19(13-18)33-15-16-5-2-1-3-6-16/h1-14H,15H2,(H,27,30)(H2,25,31,32)(H,26,28,29). The normalized spacial score (nSPS) is 11.0. The first-order chi connectivity index (χ1) is 16.8. The van der Waals surface area contributed by atoms with Gasteiger partial charge in [0.2, 0.25) is 10.0 Å². The molecule has 0 aliphatic carbocycles. The SMILES string of the molecule is NS(=O)(=O)c1ccc(C(=O)Nc2ncc(C(=O)Nc3cccc(OCc4ccccc4)c3)s2)cc1. The van der Waals surface area contributed by atoms with Gasteiger partial charge in [0, 0.05) is 17.3 Å². The first-order valence-electron chi connectivity index (χ1n) is 10.3. The van der Waals surface area contributed by atoms with Crippen LogP contribution in [0.4, 0.5) is 10.8 Å². The first kappa shape index (κ1) is 24.1. The minimum Gasteiger partial charge on any atom is -0.489 e. The molecule has 178 valence electrons. The van der Waals surface area contributed by atoms with Gasteiger partial charge in [0.05, 0.1) is 11.1 Å². The summed E-state index contributed by atoms with van der Waals surface area (Å²) in [5.74, 6) is -0.284. The molecule has 0 spiro atoms. The number of rotatable bonds is 8. The molecule has 1 heterocycles. The molecular formula is C24H20N4O5S2. The molecule has 11 heteroatoms. The van der Waals surface area contributed by atoms with Crippen molar-refractivity contribution in [2.24, 2.45) is 5.14 Å². The van der Waals surface area contributed by atoms with Crippen molar-refractivity contribution >= 4 is 44.0 Å². The Labute approximate surface area is 205 Å². The van der Waals surface area contributed by atoms with E-state index in [4.69, 9.17) is 9.88 Å². The number of hydrogen-bond donors (Lipinski definition) is 3. The molecule has 9 nitrogen and oxygen atoms in total. The van der Waals surface area contributed by atoms with E-state index in [9.17, 15) is 18.0 Å². The maximum absolute atomic E-state index is 12.6. The Hall–Kier alpha value is -4.06. The van der Waals surface area contributed by atoms with Gasteiger partial charge in [0.25, 0.3) is 11.8 Å². The lowest BCUT2D eigenvalue weighted by molar-refractivity contribution is 0.102. The molecule has 0 bridgehead atoms. The molecule has 3 aromatic carbocycles. The molecule has 4 aromatic rings. The number of nitrogens with two attached hydrogens (primary N) is 1. The van der Waals surface area contributed by atoms with Gasteiger partial charge >= 0.3 is 0 Å². The van der Waals surface area contributed by atoms with Crippen LogP contribution in [-0.4, -0.2) is 25.2 Å². The predicted octanol–water partition coefficient (Wildman–Crippen LogP) is 3.87. The zero-order valence-corrected chi connectivity index (χ0v) is 19.8. The number of hydrogen-bond acceptors (Lipinski definition) is 7. The number of ether oxygens (including phenoxy) is 1. The molecule has 0 fully saturated rings. The van der Waals surface area contributed by atoms with Crippen molar-refractivity contribution in [1.82, 2.24) is 4.98 Å². The van der Waals surface area contributed by atoms with Crippen LogP contribution in [0.3, 0.4) is 0 Å². The van der Waals surface area contributed by atoms with Gasteiger partial charge in [0.1, 0.15) is 17.2 Å². The Morgan fingerprint density at radius 2 is 1.66 bits per heavy atom. The second-order valence-corrected chi connectivity index (χ2v) is 9.90. The molecule has 0 atom stereocenters. The van der Waals surface area contributed by atoms with Crippen LogP contribution < -0.4 is 20.5 Å². The van der Waals surface area contributed by atoms with E-state index in [0.717, 1.165) is 16.9 Å². The van der Waals surface area contributed by atoms with Crippen molar-refractivity contribution in [1.29, 1.82) is 0 Å². The van der Waals surface area contributed by atoms with Crippen molar-refractivity contribution < 1.29 is 22.7 Å². The van der Waals surface area contributed by atoms with Crippen molar-refractivity contribution in [2.45, 2.75) is 11.5 Å². The van der Waals surface area contributed by atoms with Gasteiger partial charge in [-0.2, -0.15) is 0 Å². The summed E-state index contributed by atoms with van der Waals surface area (Å²) in [5.41, 5.74) is 1.79. The Morgan fingerprint density at radius 1 is 0.914 bits per heavy atom. The van der Waals surface area contributed by atoms with Gasteiger partial charge in [-0.25, -0.2) is 18.5 Å². The van der Waals surface area contributed by atoms with Gasteiger partial charge in [-0.1, -0.05) is 47.7 Å². The van der Waals surface area contributed by atoms with E-state index >= 15 is 0 Å². The van der Waals surface area contributed by atoms with Gasteiger partial charge in [-0.3, -0.25) is 14.9 Å². The zero-order chi connectivity index (χ0) is 24.8. The molecule has 0 saturated carbocycles. The zero-order valence-electron chi connectivity index (χ0n) is 18.2. The van der Waals surface area contributed by atoms with Gasteiger partial charge < -0.3 is 10.1 Å². The number of sulfonamides is 1. The van der Waals surface area contributed by atoms with E-state index in [1.807, 2.05) is 30.3 Å². The van der Waals surface area contributed by atoms with E-state index in [1.165, 1.54) is 30.5 Å². The maximum atomic E-state index is 12.6. The molecule has 1 aromatic heterocycles. The molecule has 4 N–H and O–H groups in total. The summed E-state index contributed by atoms with van der Waals surface area (Å²) in [6.07, 6.45) is 1.36. The van der Waals surface area contributed by atoms with Crippen LogP contribution >= 0.6 is 11.3 Å². The second-order valence-electron chi connectivity index (χ2n) is 7.31. The molecule has 4 rings (SSSR count). The average molecular weight is 509 g/mol. The van der Waals surface area contributed by atoms with E-state index < -0.39 is 15.9 Å². The van der Waals surface area contributed by atoms with Gasteiger partial charge in [-0.15, -0.1) is 0 Å². The highest BCUT2D eigenvalue weighted by molar-refractivity contribution is 7.89. The monoisotopic (exact) mass is 508 g/mol. The van der Waals surface area contributed by atoms with Crippen LogP contribution in [0.1, 0.15) is 25.6 Å². The minimum atomic E-state index is -3.85. The van der Waals surface area contributed by atoms with E-state index in [-0.39, 0.29) is 21.5 Å². The predicted molar refractivity (Wildman–Crippen MR) is 133 cm³/mol. The largest absolute Gasteiger partial charge is 0.489 e. The third-order valence-corrected chi connectivity index (χ3v) is 6.58. The molecular weight excluding hydrogens is 488 g/mol. The topological polar surface area (TPSA) is 140 Å². The molecule has 35 heavy (non-hydrogen) atoms. The molecule has 0 unspecified atom stereocenters. The van der Waals surface area contributed by atoms with Crippen LogP contribution in [0.15, 0.2) is 90.0 Å². The number of thiazole rings is 1. The van der Waals surface area contributed by atoms with E-state index in [0.29, 0.717) is 22.9 Å². The number of nitrogens with zero attached hydrogens (tertiary/aromatic N) is 1. The highest BCUT2D eigenvalue weighted by Gasteiger charge is 2.15. The van der Waals surface area contributed by atoms with Crippen LogP contribution in [-0.2, 0) is 16.6 Å². The van der Waals surface area contributed by atoms with Crippen LogP contribution in [0.5, 0.6) is 5.75 Å². The van der Waals surface area contributed by atoms with E-state index in [1.54, 1.807) is 24.3 Å². The summed E-state index contributed by atoms with van der Waals surface area (Å²) in [4.78, 5) is 29.3. The Bertz CT molecular complexity index is 1450. The van der Waals surface area contributed by atoms with Gasteiger partial charge in [0.15, 0.2) is 5.13 Å². The van der Waals surface area contributed by atoms with Gasteiger partial charge in [-0.05, 0) is 42.0 Å². The van der Waals surface area contributed by atoms with Crippen molar-refractivity contribution in [3.63, 3.8) is 0 Å². The number of carbonyl (C=O) groups excluding carboxylic acids is 2. The smallest absolute Gasteiger partial charge is 0.267 e. The summed E-state index contributed by atoms with van der Waals surface area (Å²) in [6, 6.07) is 21.9. The number of benzene rings is 3. The summed E-state index contributed by atoms with van der Waals surface area (Å²) >= 11 is 1.00. The molecule has 0 saturated heterocycles. The highest BCUT2D eigenvalue weighted by atomic mass is 32.2. The lowest BCUT2D eigenvalue weighted by Gasteiger charge is -2.09. The fourth-order valence-corrected chi connectivity index (χ4v) is 4.22. The van der Waals surface area contributed by atoms with Crippen molar-refractivity contribution in [3.05, 3.63) is 101 Å². The molecule has 0 radical (unpaired) electrons. The minimum absolute atomic E-state index is 0.100. The molecule has 0 aliphatic heterocycles. The Kier molecular flexibility index (Phi) is 7.20. The fraction of sp³-hybridized carbons (Fsp3) is 0.0417. The number of anilines is 2. The first-order valence-corrected chi connectivity index (χ1v) is 12.6. The van der Waals surface area contributed by atoms with Crippen LogP contribution in [0.25, 0.3) is 0 Å².